The molecule has 2 aliphatic heterocycles. The Balaban J connectivity index is 1.62. The summed E-state index contributed by atoms with van der Waals surface area (Å²) in [4.78, 5) is 14.8. The monoisotopic (exact) mass is 340 g/mol. The van der Waals surface area contributed by atoms with Crippen molar-refractivity contribution in [2.75, 3.05) is 24.7 Å². The zero-order valence-electron chi connectivity index (χ0n) is 14.0. The smallest absolute Gasteiger partial charge is 0.247 e. The Kier molecular flexibility index (Phi) is 4.06. The number of benzene rings is 2. The number of hydrogen-bond donors (Lipinski definition) is 1. The maximum absolute atomic E-state index is 13.5. The first-order valence-corrected chi connectivity index (χ1v) is 8.64. The number of hydrogen-bond acceptors (Lipinski definition) is 3. The van der Waals surface area contributed by atoms with Crippen molar-refractivity contribution in [3.63, 3.8) is 0 Å². The van der Waals surface area contributed by atoms with Gasteiger partial charge in [0.25, 0.3) is 0 Å². The van der Waals surface area contributed by atoms with Gasteiger partial charge in [0.2, 0.25) is 5.91 Å². The molecule has 2 N–H and O–H groups in total. The average Bonchev–Trinajstić information content (AvgIpc) is 3.04. The van der Waals surface area contributed by atoms with Gasteiger partial charge in [-0.05, 0) is 60.2 Å². The van der Waals surface area contributed by atoms with Crippen LogP contribution in [0.2, 0.25) is 0 Å². The molecule has 0 aliphatic carbocycles. The zero-order valence-corrected chi connectivity index (χ0v) is 14.0. The van der Waals surface area contributed by atoms with Crippen LogP contribution >= 0.6 is 0 Å². The first-order valence-electron chi connectivity index (χ1n) is 8.64. The second-order valence-corrected chi connectivity index (χ2v) is 6.83. The summed E-state index contributed by atoms with van der Waals surface area (Å²) in [6, 6.07) is 12.5. The van der Waals surface area contributed by atoms with E-state index in [2.05, 4.69) is 0 Å². The predicted octanol–water partition coefficient (Wildman–Crippen LogP) is 2.89. The lowest BCUT2D eigenvalue weighted by molar-refractivity contribution is -0.126. The molecule has 0 radical (unpaired) electrons. The van der Waals surface area contributed by atoms with Gasteiger partial charge in [-0.2, -0.15) is 0 Å². The third-order valence-corrected chi connectivity index (χ3v) is 5.19. The highest BCUT2D eigenvalue weighted by Crippen LogP contribution is 2.34. The molecular weight excluding hydrogens is 319 g/mol. The zero-order chi connectivity index (χ0) is 17.4. The Morgan fingerprint density at radius 1 is 1.12 bits per heavy atom. The molecule has 4 nitrogen and oxygen atoms in total. The number of rotatable bonds is 2. The Bertz CT molecular complexity index is 815. The lowest BCUT2D eigenvalue weighted by Crippen LogP contribution is -2.58. The lowest BCUT2D eigenvalue weighted by atomic mass is 9.89. The average molecular weight is 340 g/mol. The summed E-state index contributed by atoms with van der Waals surface area (Å²) in [5.74, 6) is -0.271. The highest BCUT2D eigenvalue weighted by Gasteiger charge is 2.41. The number of carbonyl (C=O) groups excluding carboxylic acids is 1. The molecule has 25 heavy (non-hydrogen) atoms. The standard InChI is InChI=1S/C20H21FN2O2/c21-17-3-1-2-14(13-17)15-4-5-18-16(12-15)6-9-23(18)19(24)20(22)7-10-25-11-8-20/h1-5,12-13H,6-11,22H2. The van der Waals surface area contributed by atoms with Crippen LogP contribution in [0.15, 0.2) is 42.5 Å². The van der Waals surface area contributed by atoms with Gasteiger partial charge < -0.3 is 15.4 Å². The van der Waals surface area contributed by atoms with Gasteiger partial charge in [0.1, 0.15) is 11.4 Å². The van der Waals surface area contributed by atoms with E-state index in [1.54, 1.807) is 11.0 Å². The largest absolute Gasteiger partial charge is 0.381 e. The molecule has 0 saturated carbocycles. The summed E-state index contributed by atoms with van der Waals surface area (Å²) in [5, 5.41) is 0. The molecule has 5 heteroatoms. The van der Waals surface area contributed by atoms with Crippen LogP contribution in [-0.2, 0) is 16.0 Å². The highest BCUT2D eigenvalue weighted by atomic mass is 19.1. The van der Waals surface area contributed by atoms with Gasteiger partial charge in [-0.25, -0.2) is 4.39 Å². The summed E-state index contributed by atoms with van der Waals surface area (Å²) in [7, 11) is 0. The molecule has 0 bridgehead atoms. The Morgan fingerprint density at radius 2 is 1.88 bits per heavy atom. The van der Waals surface area contributed by atoms with Crippen LogP contribution in [0.1, 0.15) is 18.4 Å². The van der Waals surface area contributed by atoms with Crippen LogP contribution in [0.3, 0.4) is 0 Å². The predicted molar refractivity (Wildman–Crippen MR) is 94.9 cm³/mol. The van der Waals surface area contributed by atoms with Crippen molar-refractivity contribution < 1.29 is 13.9 Å². The fourth-order valence-corrected chi connectivity index (χ4v) is 3.68. The molecule has 2 aromatic rings. The number of anilines is 1. The van der Waals surface area contributed by atoms with E-state index >= 15 is 0 Å². The van der Waals surface area contributed by atoms with Gasteiger partial charge in [-0.1, -0.05) is 18.2 Å². The number of amides is 1. The van der Waals surface area contributed by atoms with Crippen molar-refractivity contribution in [2.24, 2.45) is 5.73 Å². The number of fused-ring (bicyclic) bond motifs is 1. The van der Waals surface area contributed by atoms with Crippen molar-refractivity contribution >= 4 is 11.6 Å². The van der Waals surface area contributed by atoms with Crippen LogP contribution in [-0.4, -0.2) is 31.2 Å². The molecule has 2 aromatic carbocycles. The van der Waals surface area contributed by atoms with Crippen LogP contribution in [0.4, 0.5) is 10.1 Å². The SMILES string of the molecule is NC1(C(=O)N2CCc3cc(-c4cccc(F)c4)ccc32)CCOCC1. The maximum atomic E-state index is 13.5. The molecule has 4 rings (SSSR count). The van der Waals surface area contributed by atoms with Crippen LogP contribution in [0, 0.1) is 5.82 Å². The third kappa shape index (κ3) is 2.94. The second kappa shape index (κ2) is 6.24. The van der Waals surface area contributed by atoms with E-state index in [1.165, 1.54) is 12.1 Å². The van der Waals surface area contributed by atoms with Crippen molar-refractivity contribution in [3.8, 4) is 11.1 Å². The maximum Gasteiger partial charge on any atom is 0.247 e. The summed E-state index contributed by atoms with van der Waals surface area (Å²) in [5.41, 5.74) is 9.35. The fourth-order valence-electron chi connectivity index (χ4n) is 3.68. The number of nitrogens with two attached hydrogens (primary N) is 1. The molecule has 1 saturated heterocycles. The topological polar surface area (TPSA) is 55.6 Å². The van der Waals surface area contributed by atoms with E-state index < -0.39 is 5.54 Å². The van der Waals surface area contributed by atoms with Gasteiger partial charge in [-0.3, -0.25) is 4.79 Å². The van der Waals surface area contributed by atoms with Gasteiger partial charge in [-0.15, -0.1) is 0 Å². The molecule has 1 amide bonds. The molecule has 0 unspecified atom stereocenters. The Labute approximate surface area is 146 Å². The van der Waals surface area contributed by atoms with Gasteiger partial charge >= 0.3 is 0 Å². The Hall–Kier alpha value is -2.24. The molecule has 1 fully saturated rings. The van der Waals surface area contributed by atoms with E-state index in [0.29, 0.717) is 32.6 Å². The quantitative estimate of drug-likeness (QED) is 0.915. The highest BCUT2D eigenvalue weighted by molar-refractivity contribution is 6.02. The summed E-state index contributed by atoms with van der Waals surface area (Å²) >= 11 is 0. The van der Waals surface area contributed by atoms with E-state index in [0.717, 1.165) is 28.8 Å². The van der Waals surface area contributed by atoms with Crippen molar-refractivity contribution in [1.82, 2.24) is 0 Å². The summed E-state index contributed by atoms with van der Waals surface area (Å²) in [6.45, 7) is 1.70. The van der Waals surface area contributed by atoms with E-state index in [-0.39, 0.29) is 11.7 Å². The minimum absolute atomic E-state index is 0.0203. The van der Waals surface area contributed by atoms with E-state index in [4.69, 9.17) is 10.5 Å². The molecule has 130 valence electrons. The third-order valence-electron chi connectivity index (χ3n) is 5.19. The molecular formula is C20H21FN2O2. The molecule has 0 atom stereocenters. The summed E-state index contributed by atoms with van der Waals surface area (Å²) in [6.07, 6.45) is 1.90. The fraction of sp³-hybridized carbons (Fsp3) is 0.350. The van der Waals surface area contributed by atoms with Crippen LogP contribution in [0.5, 0.6) is 0 Å². The molecule has 2 aliphatic rings. The van der Waals surface area contributed by atoms with Crippen LogP contribution in [0.25, 0.3) is 11.1 Å². The van der Waals surface area contributed by atoms with Crippen molar-refractivity contribution in [2.45, 2.75) is 24.8 Å². The normalized spacial score (nSPS) is 18.9. The van der Waals surface area contributed by atoms with Crippen molar-refractivity contribution in [3.05, 3.63) is 53.8 Å². The Morgan fingerprint density at radius 3 is 2.64 bits per heavy atom. The van der Waals surface area contributed by atoms with E-state index in [1.807, 2.05) is 24.3 Å². The minimum atomic E-state index is -0.832. The number of carbonyl (C=O) groups is 1. The van der Waals surface area contributed by atoms with Crippen molar-refractivity contribution in [1.29, 1.82) is 0 Å². The first kappa shape index (κ1) is 16.2. The van der Waals surface area contributed by atoms with Crippen LogP contribution < -0.4 is 10.6 Å². The number of ether oxygens (including phenoxy) is 1. The molecule has 0 spiro atoms. The van der Waals surface area contributed by atoms with Gasteiger partial charge in [0.15, 0.2) is 0 Å². The molecule has 0 aromatic heterocycles. The second-order valence-electron chi connectivity index (χ2n) is 6.83. The summed E-state index contributed by atoms with van der Waals surface area (Å²) < 4.78 is 18.8. The first-order chi connectivity index (χ1) is 12.1. The van der Waals surface area contributed by atoms with Gasteiger partial charge in [0, 0.05) is 25.4 Å². The molecule has 2 heterocycles. The van der Waals surface area contributed by atoms with E-state index in [9.17, 15) is 9.18 Å². The van der Waals surface area contributed by atoms with Gasteiger partial charge in [0.05, 0.1) is 0 Å². The number of nitrogens with zero attached hydrogens (tertiary/aromatic N) is 1. The minimum Gasteiger partial charge on any atom is -0.381 e. The lowest BCUT2D eigenvalue weighted by Gasteiger charge is -2.35. The number of halogens is 1.